The highest BCUT2D eigenvalue weighted by Crippen LogP contribution is 2.43. The molecule has 64 heavy (non-hydrogen) atoms. The first-order valence-electron chi connectivity index (χ1n) is 21.5. The average Bonchev–Trinajstić information content (AvgIpc) is 3.86. The highest BCUT2D eigenvalue weighted by atomic mass is 15.0. The molecule has 302 valence electrons. The molecule has 0 N–H and O–H groups in total. The smallest absolute Gasteiger partial charge is 0.163 e. The second-order valence-electron chi connectivity index (χ2n) is 16.2. The van der Waals surface area contributed by atoms with Crippen LogP contribution in [0.3, 0.4) is 0 Å². The third kappa shape index (κ3) is 6.24. The number of benzene rings is 8. The van der Waals surface area contributed by atoms with E-state index in [2.05, 4.69) is 190 Å². The molecule has 4 heterocycles. The van der Waals surface area contributed by atoms with Gasteiger partial charge in [-0.1, -0.05) is 146 Å². The van der Waals surface area contributed by atoms with Gasteiger partial charge in [-0.3, -0.25) is 0 Å². The molecular weight excluding hydrogens is 783 g/mol. The van der Waals surface area contributed by atoms with Crippen LogP contribution in [0.5, 0.6) is 0 Å². The van der Waals surface area contributed by atoms with Gasteiger partial charge in [-0.25, -0.2) is 24.9 Å². The summed E-state index contributed by atoms with van der Waals surface area (Å²) < 4.78 is 4.83. The zero-order valence-electron chi connectivity index (χ0n) is 35.2. The maximum absolute atomic E-state index is 5.29. The molecule has 0 amide bonds. The summed E-state index contributed by atoms with van der Waals surface area (Å²) in [7, 11) is 0. The Morgan fingerprint density at radius 3 is 1.42 bits per heavy atom. The van der Waals surface area contributed by atoms with Crippen molar-refractivity contribution in [3.8, 4) is 67.8 Å². The van der Waals surface area contributed by atoms with Gasteiger partial charge in [-0.15, -0.1) is 0 Å². The van der Waals surface area contributed by atoms with Crippen molar-refractivity contribution in [3.63, 3.8) is 0 Å². The minimum atomic E-state index is 0.665. The van der Waals surface area contributed by atoms with E-state index in [1.807, 2.05) is 38.1 Å². The van der Waals surface area contributed by atoms with Gasteiger partial charge >= 0.3 is 0 Å². The molecule has 0 saturated carbocycles. The molecule has 0 aliphatic carbocycles. The predicted octanol–water partition coefficient (Wildman–Crippen LogP) is 13.8. The van der Waals surface area contributed by atoms with Gasteiger partial charge in [0.2, 0.25) is 0 Å². The van der Waals surface area contributed by atoms with Crippen LogP contribution in [0, 0.1) is 13.8 Å². The predicted molar refractivity (Wildman–Crippen MR) is 261 cm³/mol. The molecule has 8 aromatic carbocycles. The first-order valence-corrected chi connectivity index (χ1v) is 21.5. The first-order chi connectivity index (χ1) is 31.6. The summed E-state index contributed by atoms with van der Waals surface area (Å²) in [6, 6.07) is 70.9. The van der Waals surface area contributed by atoms with Crippen LogP contribution < -0.4 is 0 Å². The van der Waals surface area contributed by atoms with Gasteiger partial charge in [0, 0.05) is 54.9 Å². The summed E-state index contributed by atoms with van der Waals surface area (Å²) in [6.07, 6.45) is 0. The largest absolute Gasteiger partial charge is 0.309 e. The van der Waals surface area contributed by atoms with Gasteiger partial charge in [0.25, 0.3) is 0 Å². The van der Waals surface area contributed by atoms with E-state index >= 15 is 0 Å². The lowest BCUT2D eigenvalue weighted by Gasteiger charge is -2.20. The van der Waals surface area contributed by atoms with E-state index < -0.39 is 0 Å². The summed E-state index contributed by atoms with van der Waals surface area (Å²) in [5, 5.41) is 4.68. The van der Waals surface area contributed by atoms with E-state index in [1.165, 1.54) is 10.8 Å². The molecule has 0 aliphatic heterocycles. The fraction of sp³-hybridized carbons (Fsp3) is 0.0351. The van der Waals surface area contributed by atoms with Gasteiger partial charge in [-0.05, 0) is 68.4 Å². The number of aromatic nitrogens is 7. The van der Waals surface area contributed by atoms with Crippen molar-refractivity contribution in [2.45, 2.75) is 13.8 Å². The fourth-order valence-electron chi connectivity index (χ4n) is 9.37. The number of rotatable bonds is 7. The molecule has 4 aromatic heterocycles. The van der Waals surface area contributed by atoms with Gasteiger partial charge in [0.1, 0.15) is 11.6 Å². The molecule has 0 atom stereocenters. The Morgan fingerprint density at radius 1 is 0.297 bits per heavy atom. The molecule has 0 unspecified atom stereocenters. The number of nitrogens with zero attached hydrogens (tertiary/aromatic N) is 7. The van der Waals surface area contributed by atoms with E-state index in [4.69, 9.17) is 19.9 Å². The number of fused-ring (bicyclic) bond motifs is 6. The van der Waals surface area contributed by atoms with Crippen LogP contribution in [0.15, 0.2) is 200 Å². The Hall–Kier alpha value is -8.55. The topological polar surface area (TPSA) is 74.3 Å². The Balaban J connectivity index is 1.15. The van der Waals surface area contributed by atoms with E-state index in [0.29, 0.717) is 23.3 Å². The van der Waals surface area contributed by atoms with Crippen LogP contribution in [-0.2, 0) is 0 Å². The van der Waals surface area contributed by atoms with Crippen molar-refractivity contribution >= 4 is 43.6 Å². The SMILES string of the molecule is Cc1nc(C)nc(-c2ccc3c(c2)c2ccccc2n3-c2cc(-c3cc(-c4ccccc4)nc(-c4ccccc4)n3)ccc2-c2ccccc2-n2c3ccccc3c3ccccc32)n1. The lowest BCUT2D eigenvalue weighted by atomic mass is 9.97. The van der Waals surface area contributed by atoms with Crippen LogP contribution in [0.4, 0.5) is 0 Å². The van der Waals surface area contributed by atoms with Crippen molar-refractivity contribution in [1.29, 1.82) is 0 Å². The molecule has 0 bridgehead atoms. The van der Waals surface area contributed by atoms with Crippen LogP contribution in [0.2, 0.25) is 0 Å². The number of aryl methyl sites for hydroxylation is 2. The lowest BCUT2D eigenvalue weighted by Crippen LogP contribution is -2.02. The average molecular weight is 822 g/mol. The lowest BCUT2D eigenvalue weighted by molar-refractivity contribution is 0.929. The summed E-state index contributed by atoms with van der Waals surface area (Å²) in [4.78, 5) is 24.4. The second kappa shape index (κ2) is 15.1. The van der Waals surface area contributed by atoms with Crippen molar-refractivity contribution in [2.75, 3.05) is 0 Å². The van der Waals surface area contributed by atoms with Crippen LogP contribution in [-0.4, -0.2) is 34.1 Å². The highest BCUT2D eigenvalue weighted by molar-refractivity contribution is 6.12. The zero-order chi connectivity index (χ0) is 42.7. The third-order valence-corrected chi connectivity index (χ3v) is 12.2. The van der Waals surface area contributed by atoms with E-state index in [1.54, 1.807) is 0 Å². The maximum Gasteiger partial charge on any atom is 0.163 e. The summed E-state index contributed by atoms with van der Waals surface area (Å²) in [6.45, 7) is 3.83. The quantitative estimate of drug-likeness (QED) is 0.160. The van der Waals surface area contributed by atoms with E-state index in [-0.39, 0.29) is 0 Å². The molecule has 0 spiro atoms. The minimum absolute atomic E-state index is 0.665. The van der Waals surface area contributed by atoms with Crippen molar-refractivity contribution in [3.05, 3.63) is 212 Å². The first kappa shape index (κ1) is 37.2. The van der Waals surface area contributed by atoms with Gasteiger partial charge in [-0.2, -0.15) is 0 Å². The van der Waals surface area contributed by atoms with Gasteiger partial charge in [0.15, 0.2) is 11.6 Å². The normalized spacial score (nSPS) is 11.6. The highest BCUT2D eigenvalue weighted by Gasteiger charge is 2.22. The molecule has 0 radical (unpaired) electrons. The van der Waals surface area contributed by atoms with E-state index in [0.717, 1.165) is 89.0 Å². The summed E-state index contributed by atoms with van der Waals surface area (Å²) >= 11 is 0. The Bertz CT molecular complexity index is 3620. The molecule has 12 aromatic rings. The molecule has 7 heteroatoms. The van der Waals surface area contributed by atoms with Crippen LogP contribution in [0.1, 0.15) is 11.6 Å². The monoisotopic (exact) mass is 821 g/mol. The van der Waals surface area contributed by atoms with Crippen molar-refractivity contribution in [2.24, 2.45) is 0 Å². The van der Waals surface area contributed by atoms with E-state index in [9.17, 15) is 0 Å². The van der Waals surface area contributed by atoms with Crippen molar-refractivity contribution < 1.29 is 0 Å². The maximum atomic E-state index is 5.29. The number of para-hydroxylation sites is 4. The Morgan fingerprint density at radius 2 is 0.766 bits per heavy atom. The van der Waals surface area contributed by atoms with Crippen LogP contribution in [0.25, 0.3) is 111 Å². The molecule has 0 saturated heterocycles. The number of hydrogen-bond acceptors (Lipinski definition) is 5. The molecule has 0 fully saturated rings. The number of hydrogen-bond donors (Lipinski definition) is 0. The van der Waals surface area contributed by atoms with Crippen molar-refractivity contribution in [1.82, 2.24) is 34.1 Å². The summed E-state index contributed by atoms with van der Waals surface area (Å²) in [5.41, 5.74) is 14.4. The van der Waals surface area contributed by atoms with Crippen LogP contribution >= 0.6 is 0 Å². The summed E-state index contributed by atoms with van der Waals surface area (Å²) in [5.74, 6) is 2.74. The minimum Gasteiger partial charge on any atom is -0.309 e. The molecular formula is C57H39N7. The van der Waals surface area contributed by atoms with Gasteiger partial charge < -0.3 is 9.13 Å². The molecule has 12 rings (SSSR count). The zero-order valence-corrected chi connectivity index (χ0v) is 35.2. The Labute approximate surface area is 369 Å². The molecule has 0 aliphatic rings. The third-order valence-electron chi connectivity index (χ3n) is 12.2. The van der Waals surface area contributed by atoms with Gasteiger partial charge in [0.05, 0.1) is 44.8 Å². The molecule has 7 nitrogen and oxygen atoms in total. The second-order valence-corrected chi connectivity index (χ2v) is 16.2. The Kier molecular flexibility index (Phi) is 8.79. The fourth-order valence-corrected chi connectivity index (χ4v) is 9.37. The standard InChI is InChI=1S/C57H39N7/c1-36-58-37(2)60-57(59-36)41-30-32-54-47(33-41)45-24-12-16-28-53(45)64(54)55-34-40(49-35-48(38-17-5-3-6-18-38)61-56(62-49)39-19-7-4-8-20-39)29-31-46(55)44-23-11-15-27-52(44)63-50-25-13-9-21-42(50)43-22-10-14-26-51(43)63/h3-35H,1-2H3.